The summed E-state index contributed by atoms with van der Waals surface area (Å²) in [7, 11) is 0. The molecule has 2 bridgehead atoms. The van der Waals surface area contributed by atoms with Crippen LogP contribution in [0.15, 0.2) is 24.3 Å². The van der Waals surface area contributed by atoms with Gasteiger partial charge in [0.05, 0.1) is 12.1 Å². The van der Waals surface area contributed by atoms with Crippen molar-refractivity contribution in [3.8, 4) is 0 Å². The third kappa shape index (κ3) is 1.72. The van der Waals surface area contributed by atoms with Gasteiger partial charge in [-0.05, 0) is 23.6 Å². The maximum absolute atomic E-state index is 12.0. The Hall–Kier alpha value is -1.62. The van der Waals surface area contributed by atoms with E-state index in [2.05, 4.69) is 6.58 Å². The Bertz CT molecular complexity index is 482. The molecule has 0 radical (unpaired) electrons. The molecule has 0 unspecified atom stereocenters. The summed E-state index contributed by atoms with van der Waals surface area (Å²) in [4.78, 5) is 25.4. The monoisotopic (exact) mass is 263 g/mol. The van der Waals surface area contributed by atoms with Gasteiger partial charge in [-0.3, -0.25) is 9.69 Å². The van der Waals surface area contributed by atoms with E-state index in [1.165, 1.54) is 6.08 Å². The Kier molecular flexibility index (Phi) is 2.74. The predicted octanol–water partition coefficient (Wildman–Crippen LogP) is 1.29. The van der Waals surface area contributed by atoms with Crippen LogP contribution in [0.4, 0.5) is 4.79 Å². The van der Waals surface area contributed by atoms with Crippen molar-refractivity contribution >= 4 is 11.9 Å². The van der Waals surface area contributed by atoms with Gasteiger partial charge in [-0.2, -0.15) is 0 Å². The SMILES string of the molecule is C=C1[C@H]2O[C@H](C=CC2=O)[C@@H]1N1C(=O)OC[C@H]1C(C)C. The highest BCUT2D eigenvalue weighted by molar-refractivity contribution is 5.98. The molecule has 2 saturated heterocycles. The van der Waals surface area contributed by atoms with Crippen molar-refractivity contribution in [1.29, 1.82) is 0 Å². The number of ether oxygens (including phenoxy) is 2. The van der Waals surface area contributed by atoms with E-state index in [1.807, 2.05) is 13.8 Å². The van der Waals surface area contributed by atoms with Gasteiger partial charge in [0.2, 0.25) is 0 Å². The van der Waals surface area contributed by atoms with Crippen molar-refractivity contribution < 1.29 is 19.1 Å². The highest BCUT2D eigenvalue weighted by Crippen LogP contribution is 2.37. The first kappa shape index (κ1) is 12.4. The highest BCUT2D eigenvalue weighted by atomic mass is 16.6. The molecule has 19 heavy (non-hydrogen) atoms. The molecule has 0 aliphatic carbocycles. The average Bonchev–Trinajstić information content (AvgIpc) is 2.85. The van der Waals surface area contributed by atoms with E-state index in [0.29, 0.717) is 12.2 Å². The van der Waals surface area contributed by atoms with E-state index in [4.69, 9.17) is 9.47 Å². The number of nitrogens with zero attached hydrogens (tertiary/aromatic N) is 1. The summed E-state index contributed by atoms with van der Waals surface area (Å²) in [6.07, 6.45) is 1.99. The van der Waals surface area contributed by atoms with E-state index in [9.17, 15) is 9.59 Å². The molecule has 0 aromatic heterocycles. The van der Waals surface area contributed by atoms with Gasteiger partial charge in [0, 0.05) is 0 Å². The second kappa shape index (κ2) is 4.20. The Balaban J connectivity index is 1.94. The van der Waals surface area contributed by atoms with Crippen LogP contribution in [0.5, 0.6) is 0 Å². The summed E-state index contributed by atoms with van der Waals surface area (Å²) in [5.41, 5.74) is 0.657. The van der Waals surface area contributed by atoms with Gasteiger partial charge in [-0.15, -0.1) is 0 Å². The summed E-state index contributed by atoms with van der Waals surface area (Å²) < 4.78 is 10.8. The normalized spacial score (nSPS) is 37.4. The van der Waals surface area contributed by atoms with Crippen molar-refractivity contribution in [3.63, 3.8) is 0 Å². The number of cyclic esters (lactones) is 1. The van der Waals surface area contributed by atoms with Crippen LogP contribution in [0.3, 0.4) is 0 Å². The number of hydrogen-bond donors (Lipinski definition) is 0. The maximum Gasteiger partial charge on any atom is 0.410 e. The number of ketones is 1. The number of carbonyl (C=O) groups excluding carboxylic acids is 2. The molecule has 0 spiro atoms. The lowest BCUT2D eigenvalue weighted by molar-refractivity contribution is -0.124. The standard InChI is InChI=1S/C14H17NO4/c1-7(2)9-6-18-14(17)15(9)12-8(3)13-10(16)4-5-11(12)19-13/h4-5,7,9,11-13H,3,6H2,1-2H3/t9-,11+,12+,13+/m0/s1. The third-order valence-corrected chi connectivity index (χ3v) is 4.04. The summed E-state index contributed by atoms with van der Waals surface area (Å²) in [6, 6.07) is -0.296. The fourth-order valence-corrected chi connectivity index (χ4v) is 2.98. The zero-order valence-corrected chi connectivity index (χ0v) is 11.0. The third-order valence-electron chi connectivity index (χ3n) is 4.04. The van der Waals surface area contributed by atoms with Crippen LogP contribution in [0, 0.1) is 5.92 Å². The molecule has 1 amide bonds. The Morgan fingerprint density at radius 1 is 1.42 bits per heavy atom. The number of carbonyl (C=O) groups is 2. The van der Waals surface area contributed by atoms with E-state index >= 15 is 0 Å². The minimum atomic E-state index is -0.610. The fourth-order valence-electron chi connectivity index (χ4n) is 2.98. The summed E-state index contributed by atoms with van der Waals surface area (Å²) in [6.45, 7) is 8.44. The molecular weight excluding hydrogens is 246 g/mol. The van der Waals surface area contributed by atoms with Crippen molar-refractivity contribution in [2.45, 2.75) is 38.1 Å². The predicted molar refractivity (Wildman–Crippen MR) is 67.5 cm³/mol. The van der Waals surface area contributed by atoms with Gasteiger partial charge < -0.3 is 9.47 Å². The first-order chi connectivity index (χ1) is 9.00. The molecular formula is C14H17NO4. The van der Waals surface area contributed by atoms with Crippen LogP contribution < -0.4 is 0 Å². The quantitative estimate of drug-likeness (QED) is 0.705. The molecule has 2 fully saturated rings. The molecule has 102 valence electrons. The van der Waals surface area contributed by atoms with Gasteiger partial charge in [0.1, 0.15) is 18.8 Å². The molecule has 0 N–H and O–H groups in total. The van der Waals surface area contributed by atoms with Crippen molar-refractivity contribution in [2.75, 3.05) is 6.61 Å². The Labute approximate surface area is 111 Å². The summed E-state index contributed by atoms with van der Waals surface area (Å²) >= 11 is 0. The van der Waals surface area contributed by atoms with Gasteiger partial charge in [0.25, 0.3) is 0 Å². The van der Waals surface area contributed by atoms with Gasteiger partial charge in [0.15, 0.2) is 5.78 Å². The van der Waals surface area contributed by atoms with Gasteiger partial charge >= 0.3 is 6.09 Å². The lowest BCUT2D eigenvalue weighted by atomic mass is 9.97. The molecule has 3 aliphatic heterocycles. The first-order valence-electron chi connectivity index (χ1n) is 6.52. The van der Waals surface area contributed by atoms with Gasteiger partial charge in [-0.1, -0.05) is 20.4 Å². The zero-order valence-electron chi connectivity index (χ0n) is 11.0. The largest absolute Gasteiger partial charge is 0.447 e. The van der Waals surface area contributed by atoms with Crippen LogP contribution in [0.25, 0.3) is 0 Å². The van der Waals surface area contributed by atoms with Crippen LogP contribution in [-0.2, 0) is 14.3 Å². The number of hydrogen-bond acceptors (Lipinski definition) is 4. The highest BCUT2D eigenvalue weighted by Gasteiger charge is 2.51. The Morgan fingerprint density at radius 2 is 2.16 bits per heavy atom. The van der Waals surface area contributed by atoms with E-state index in [-0.39, 0.29) is 36.0 Å². The molecule has 5 nitrogen and oxygen atoms in total. The summed E-state index contributed by atoms with van der Waals surface area (Å²) in [5, 5.41) is 0. The molecule has 3 rings (SSSR count). The molecule has 3 heterocycles. The smallest absolute Gasteiger partial charge is 0.410 e. The van der Waals surface area contributed by atoms with E-state index in [1.54, 1.807) is 11.0 Å². The van der Waals surface area contributed by atoms with Crippen molar-refractivity contribution in [1.82, 2.24) is 4.90 Å². The molecule has 0 saturated carbocycles. The molecule has 0 aromatic carbocycles. The van der Waals surface area contributed by atoms with E-state index in [0.717, 1.165) is 0 Å². The number of fused-ring (bicyclic) bond motifs is 2. The molecule has 5 heteroatoms. The lowest BCUT2D eigenvalue weighted by Gasteiger charge is -2.32. The molecule has 4 atom stereocenters. The molecule has 3 aliphatic rings. The lowest BCUT2D eigenvalue weighted by Crippen LogP contribution is -2.48. The van der Waals surface area contributed by atoms with Crippen LogP contribution in [0.1, 0.15) is 13.8 Å². The summed E-state index contributed by atoms with van der Waals surface area (Å²) in [5.74, 6) is 0.178. The number of rotatable bonds is 2. The minimum Gasteiger partial charge on any atom is -0.447 e. The maximum atomic E-state index is 12.0. The van der Waals surface area contributed by atoms with Crippen molar-refractivity contribution in [3.05, 3.63) is 24.3 Å². The van der Waals surface area contributed by atoms with Gasteiger partial charge in [-0.25, -0.2) is 4.79 Å². The average molecular weight is 263 g/mol. The minimum absolute atomic E-state index is 0.000650. The zero-order chi connectivity index (χ0) is 13.7. The topological polar surface area (TPSA) is 55.8 Å². The van der Waals surface area contributed by atoms with Crippen LogP contribution >= 0.6 is 0 Å². The van der Waals surface area contributed by atoms with Crippen LogP contribution in [0.2, 0.25) is 0 Å². The Morgan fingerprint density at radius 3 is 2.79 bits per heavy atom. The number of amides is 1. The second-order valence-electron chi connectivity index (χ2n) is 5.56. The second-order valence-corrected chi connectivity index (χ2v) is 5.56. The first-order valence-corrected chi connectivity index (χ1v) is 6.52. The molecule has 0 aromatic rings. The fraction of sp³-hybridized carbons (Fsp3) is 0.571. The van der Waals surface area contributed by atoms with E-state index < -0.39 is 6.10 Å². The van der Waals surface area contributed by atoms with Crippen molar-refractivity contribution in [2.24, 2.45) is 5.92 Å². The van der Waals surface area contributed by atoms with Crippen LogP contribution in [-0.4, -0.2) is 47.7 Å².